The third-order valence-electron chi connectivity index (χ3n) is 10.7. The Morgan fingerprint density at radius 2 is 1.24 bits per heavy atom. The summed E-state index contributed by atoms with van der Waals surface area (Å²) in [6, 6.07) is 54.7. The molecular weight excluding hydrogens is 665 g/mol. The molecule has 0 amide bonds. The van der Waals surface area contributed by atoms with Crippen molar-refractivity contribution in [2.24, 2.45) is 4.99 Å². The number of nitrogens with one attached hydrogen (secondary N) is 2. The molecule has 6 nitrogen and oxygen atoms in total. The Labute approximate surface area is 310 Å². The van der Waals surface area contributed by atoms with Crippen molar-refractivity contribution in [2.75, 3.05) is 0 Å². The van der Waals surface area contributed by atoms with E-state index < -0.39 is 0 Å². The molecule has 2 N–H and O–H groups in total. The standard InChI is InChI=1S/C48H32N4O2/c1-3-12-29(13-4-1)33-22-23-35(44-39-26-32-28-49-25-24-31(32)27-42(39)54-45(33)44)34-16-7-8-17-36(34)47-50-46(30-14-5-2-6-15-30)51-48(52-47)38-19-11-21-41-43(38)37-18-9-10-20-40(37)53-41/h1-28,47-48,52H,(H,50,51). The third-order valence-corrected chi connectivity index (χ3v) is 10.7. The summed E-state index contributed by atoms with van der Waals surface area (Å²) < 4.78 is 13.1. The van der Waals surface area contributed by atoms with Crippen LogP contribution < -0.4 is 10.6 Å². The highest BCUT2D eigenvalue weighted by molar-refractivity contribution is 6.19. The molecule has 10 aromatic rings. The van der Waals surface area contributed by atoms with Gasteiger partial charge in [0.05, 0.1) is 0 Å². The molecule has 7 aromatic carbocycles. The van der Waals surface area contributed by atoms with E-state index in [4.69, 9.17) is 13.8 Å². The van der Waals surface area contributed by atoms with E-state index in [1.165, 1.54) is 0 Å². The fourth-order valence-corrected chi connectivity index (χ4v) is 8.17. The van der Waals surface area contributed by atoms with Crippen molar-refractivity contribution in [3.05, 3.63) is 187 Å². The molecular formula is C48H32N4O2. The largest absolute Gasteiger partial charge is 0.456 e. The first-order chi connectivity index (χ1) is 26.8. The van der Waals surface area contributed by atoms with Crippen LogP contribution >= 0.6 is 0 Å². The summed E-state index contributed by atoms with van der Waals surface area (Å²) in [7, 11) is 0. The minimum absolute atomic E-state index is 0.292. The van der Waals surface area contributed by atoms with Crippen LogP contribution in [0.3, 0.4) is 0 Å². The number of hydrogen-bond donors (Lipinski definition) is 2. The number of nitrogens with zero attached hydrogens (tertiary/aromatic N) is 2. The molecule has 1 aliphatic rings. The topological polar surface area (TPSA) is 75.6 Å². The number of aromatic nitrogens is 1. The molecule has 0 spiro atoms. The highest BCUT2D eigenvalue weighted by atomic mass is 16.3. The van der Waals surface area contributed by atoms with Crippen LogP contribution in [0, 0.1) is 0 Å². The average molecular weight is 697 g/mol. The Morgan fingerprint density at radius 3 is 2.13 bits per heavy atom. The molecule has 0 saturated heterocycles. The van der Waals surface area contributed by atoms with Gasteiger partial charge in [0.1, 0.15) is 40.5 Å². The van der Waals surface area contributed by atoms with Crippen LogP contribution in [0.1, 0.15) is 29.0 Å². The molecule has 1 aliphatic heterocycles. The van der Waals surface area contributed by atoms with Crippen LogP contribution in [0.5, 0.6) is 0 Å². The molecule has 54 heavy (non-hydrogen) atoms. The number of hydrogen-bond acceptors (Lipinski definition) is 6. The number of rotatable bonds is 5. The molecule has 0 fully saturated rings. The van der Waals surface area contributed by atoms with Gasteiger partial charge in [-0.05, 0) is 64.0 Å². The second kappa shape index (κ2) is 12.3. The van der Waals surface area contributed by atoms with Gasteiger partial charge < -0.3 is 14.2 Å². The number of fused-ring (bicyclic) bond motifs is 7. The van der Waals surface area contributed by atoms with E-state index in [0.29, 0.717) is 0 Å². The van der Waals surface area contributed by atoms with Crippen LogP contribution in [-0.4, -0.2) is 10.8 Å². The van der Waals surface area contributed by atoms with Gasteiger partial charge in [0.25, 0.3) is 0 Å². The van der Waals surface area contributed by atoms with E-state index in [-0.39, 0.29) is 12.3 Å². The highest BCUT2D eigenvalue weighted by Crippen LogP contribution is 2.45. The first-order valence-corrected chi connectivity index (χ1v) is 18.2. The fraction of sp³-hybridized carbons (Fsp3) is 0.0417. The average Bonchev–Trinajstić information content (AvgIpc) is 3.81. The van der Waals surface area contributed by atoms with Crippen molar-refractivity contribution in [2.45, 2.75) is 12.3 Å². The van der Waals surface area contributed by atoms with Gasteiger partial charge in [0.2, 0.25) is 0 Å². The monoisotopic (exact) mass is 696 g/mol. The molecule has 2 unspecified atom stereocenters. The van der Waals surface area contributed by atoms with Gasteiger partial charge in [0.15, 0.2) is 0 Å². The van der Waals surface area contributed by atoms with Crippen molar-refractivity contribution in [1.82, 2.24) is 15.6 Å². The molecule has 6 heteroatoms. The first-order valence-electron chi connectivity index (χ1n) is 18.2. The maximum Gasteiger partial charge on any atom is 0.143 e. The lowest BCUT2D eigenvalue weighted by Gasteiger charge is -2.33. The zero-order chi connectivity index (χ0) is 35.6. The SMILES string of the molecule is c1ccc(C2=NC(c3cccc4oc5ccccc5c34)NC(c3ccccc3-c3ccc(-c4ccccc4)c4oc5cc6ccncc6cc5c34)N2)cc1. The Hall–Kier alpha value is -7.02. The summed E-state index contributed by atoms with van der Waals surface area (Å²) >= 11 is 0. The van der Waals surface area contributed by atoms with Crippen molar-refractivity contribution in [3.8, 4) is 22.3 Å². The van der Waals surface area contributed by atoms with Gasteiger partial charge in [-0.1, -0.05) is 121 Å². The molecule has 2 atom stereocenters. The van der Waals surface area contributed by atoms with Crippen LogP contribution in [0.2, 0.25) is 0 Å². The number of amidine groups is 1. The predicted octanol–water partition coefficient (Wildman–Crippen LogP) is 11.7. The fourth-order valence-electron chi connectivity index (χ4n) is 8.17. The van der Waals surface area contributed by atoms with Gasteiger partial charge in [-0.3, -0.25) is 10.3 Å². The zero-order valence-corrected chi connectivity index (χ0v) is 29.0. The van der Waals surface area contributed by atoms with E-state index in [9.17, 15) is 0 Å². The highest BCUT2D eigenvalue weighted by Gasteiger charge is 2.30. The summed E-state index contributed by atoms with van der Waals surface area (Å²) in [6.07, 6.45) is 3.10. The van der Waals surface area contributed by atoms with Gasteiger partial charge in [-0.15, -0.1) is 0 Å². The summed E-state index contributed by atoms with van der Waals surface area (Å²) in [5.74, 6) is 0.821. The maximum atomic E-state index is 6.83. The molecule has 256 valence electrons. The van der Waals surface area contributed by atoms with E-state index in [2.05, 4.69) is 137 Å². The number of pyridine rings is 1. The second-order valence-corrected chi connectivity index (χ2v) is 13.8. The van der Waals surface area contributed by atoms with Crippen LogP contribution in [-0.2, 0) is 0 Å². The predicted molar refractivity (Wildman–Crippen MR) is 218 cm³/mol. The molecule has 11 rings (SSSR count). The van der Waals surface area contributed by atoms with Gasteiger partial charge in [0, 0.05) is 56.0 Å². The van der Waals surface area contributed by atoms with E-state index >= 15 is 0 Å². The van der Waals surface area contributed by atoms with Crippen LogP contribution in [0.4, 0.5) is 0 Å². The smallest absolute Gasteiger partial charge is 0.143 e. The molecule has 0 bridgehead atoms. The lowest BCUT2D eigenvalue weighted by atomic mass is 9.90. The first kappa shape index (κ1) is 30.6. The molecule has 0 radical (unpaired) electrons. The maximum absolute atomic E-state index is 6.83. The lowest BCUT2D eigenvalue weighted by molar-refractivity contribution is 0.411. The Bertz CT molecular complexity index is 3070. The van der Waals surface area contributed by atoms with Crippen LogP contribution in [0.25, 0.3) is 76.9 Å². The van der Waals surface area contributed by atoms with Crippen molar-refractivity contribution < 1.29 is 8.83 Å². The van der Waals surface area contributed by atoms with Gasteiger partial charge >= 0.3 is 0 Å². The summed E-state index contributed by atoms with van der Waals surface area (Å²) in [6.45, 7) is 0. The van der Waals surface area contributed by atoms with Gasteiger partial charge in [-0.25, -0.2) is 4.99 Å². The number of aliphatic imine (C=N–C) groups is 1. The zero-order valence-electron chi connectivity index (χ0n) is 29.0. The number of benzene rings is 7. The lowest BCUT2D eigenvalue weighted by Crippen LogP contribution is -2.45. The third kappa shape index (κ3) is 4.92. The second-order valence-electron chi connectivity index (χ2n) is 13.8. The molecule has 4 heterocycles. The van der Waals surface area contributed by atoms with Crippen molar-refractivity contribution >= 4 is 60.5 Å². The minimum atomic E-state index is -0.363. The van der Waals surface area contributed by atoms with Crippen LogP contribution in [0.15, 0.2) is 184 Å². The molecule has 0 aliphatic carbocycles. The molecule has 3 aromatic heterocycles. The summed E-state index contributed by atoms with van der Waals surface area (Å²) in [4.78, 5) is 9.76. The number of para-hydroxylation sites is 1. The Kier molecular flexibility index (Phi) is 6.97. The van der Waals surface area contributed by atoms with E-state index in [1.807, 2.05) is 48.8 Å². The van der Waals surface area contributed by atoms with Gasteiger partial charge in [-0.2, -0.15) is 0 Å². The van der Waals surface area contributed by atoms with E-state index in [0.717, 1.165) is 99.4 Å². The quantitative estimate of drug-likeness (QED) is 0.187. The Morgan fingerprint density at radius 1 is 0.500 bits per heavy atom. The summed E-state index contributed by atoms with van der Waals surface area (Å²) in [5, 5.41) is 14.1. The normalized spacial score (nSPS) is 16.0. The number of furan rings is 2. The summed E-state index contributed by atoms with van der Waals surface area (Å²) in [5.41, 5.74) is 10.9. The van der Waals surface area contributed by atoms with Crippen molar-refractivity contribution in [3.63, 3.8) is 0 Å². The Balaban J connectivity index is 1.12. The minimum Gasteiger partial charge on any atom is -0.456 e. The van der Waals surface area contributed by atoms with E-state index in [1.54, 1.807) is 0 Å². The molecule has 0 saturated carbocycles. The van der Waals surface area contributed by atoms with Crippen molar-refractivity contribution in [1.29, 1.82) is 0 Å².